The lowest BCUT2D eigenvalue weighted by Crippen LogP contribution is -2.23. The van der Waals surface area contributed by atoms with Crippen molar-refractivity contribution in [3.05, 3.63) is 23.8 Å². The molecule has 2 nitrogen and oxygen atoms in total. The second-order valence-electron chi connectivity index (χ2n) is 5.05. The van der Waals surface area contributed by atoms with Crippen LogP contribution in [0.25, 0.3) is 0 Å². The molecule has 2 heteroatoms. The number of aryl methyl sites for hydroxylation is 1. The van der Waals surface area contributed by atoms with Crippen LogP contribution in [0.2, 0.25) is 0 Å². The summed E-state index contributed by atoms with van der Waals surface area (Å²) in [4.78, 5) is 0. The number of hydrogen-bond donors (Lipinski definition) is 1. The Kier molecular flexibility index (Phi) is 3.93. The van der Waals surface area contributed by atoms with Gasteiger partial charge in [0.2, 0.25) is 0 Å². The number of ether oxygens (including phenoxy) is 1. The standard InChI is InChI=1S/C15H23NO/c1-4-12-6-5-7-13(12)16-14-10-11(2)8-9-15(14)17-3/h8-10,12-13,16H,4-7H2,1-3H3. The maximum atomic E-state index is 5.42. The van der Waals surface area contributed by atoms with Crippen LogP contribution in [0.1, 0.15) is 38.2 Å². The van der Waals surface area contributed by atoms with Crippen LogP contribution in [0.3, 0.4) is 0 Å². The minimum atomic E-state index is 0.621. The van der Waals surface area contributed by atoms with E-state index in [0.29, 0.717) is 6.04 Å². The summed E-state index contributed by atoms with van der Waals surface area (Å²) < 4.78 is 5.42. The van der Waals surface area contributed by atoms with E-state index in [0.717, 1.165) is 17.4 Å². The average Bonchev–Trinajstić information content (AvgIpc) is 2.77. The fraction of sp³-hybridized carbons (Fsp3) is 0.600. The van der Waals surface area contributed by atoms with Crippen LogP contribution in [0.4, 0.5) is 5.69 Å². The molecule has 0 radical (unpaired) electrons. The van der Waals surface area contributed by atoms with Gasteiger partial charge < -0.3 is 10.1 Å². The molecular formula is C15H23NO. The maximum Gasteiger partial charge on any atom is 0.141 e. The normalized spacial score (nSPS) is 23.7. The van der Waals surface area contributed by atoms with E-state index in [2.05, 4.69) is 31.3 Å². The molecule has 2 unspecified atom stereocenters. The predicted molar refractivity (Wildman–Crippen MR) is 72.8 cm³/mol. The van der Waals surface area contributed by atoms with Crippen molar-refractivity contribution < 1.29 is 4.74 Å². The lowest BCUT2D eigenvalue weighted by atomic mass is 10.0. The van der Waals surface area contributed by atoms with Crippen LogP contribution in [0.5, 0.6) is 5.75 Å². The molecule has 0 bridgehead atoms. The van der Waals surface area contributed by atoms with Crippen molar-refractivity contribution in [3.8, 4) is 5.75 Å². The summed E-state index contributed by atoms with van der Waals surface area (Å²) in [5, 5.41) is 3.68. The van der Waals surface area contributed by atoms with Crippen molar-refractivity contribution in [1.82, 2.24) is 0 Å². The van der Waals surface area contributed by atoms with Crippen LogP contribution in [-0.2, 0) is 0 Å². The molecule has 2 rings (SSSR count). The van der Waals surface area contributed by atoms with Gasteiger partial charge in [0, 0.05) is 6.04 Å². The zero-order valence-corrected chi connectivity index (χ0v) is 11.1. The monoisotopic (exact) mass is 233 g/mol. The molecule has 94 valence electrons. The van der Waals surface area contributed by atoms with Gasteiger partial charge in [-0.05, 0) is 43.4 Å². The van der Waals surface area contributed by atoms with Gasteiger partial charge in [-0.3, -0.25) is 0 Å². The molecule has 1 saturated carbocycles. The third-order valence-corrected chi connectivity index (χ3v) is 3.88. The number of rotatable bonds is 4. The molecule has 1 aromatic carbocycles. The third-order valence-electron chi connectivity index (χ3n) is 3.88. The second kappa shape index (κ2) is 5.44. The first-order valence-corrected chi connectivity index (χ1v) is 6.65. The largest absolute Gasteiger partial charge is 0.495 e. The minimum Gasteiger partial charge on any atom is -0.495 e. The Labute approximate surface area is 104 Å². The van der Waals surface area contributed by atoms with Gasteiger partial charge >= 0.3 is 0 Å². The number of hydrogen-bond acceptors (Lipinski definition) is 2. The van der Waals surface area contributed by atoms with E-state index in [9.17, 15) is 0 Å². The van der Waals surface area contributed by atoms with E-state index in [1.54, 1.807) is 7.11 Å². The Bertz CT molecular complexity index is 375. The highest BCUT2D eigenvalue weighted by Crippen LogP contribution is 2.33. The van der Waals surface area contributed by atoms with Crippen molar-refractivity contribution in [2.45, 2.75) is 45.6 Å². The maximum absolute atomic E-state index is 5.42. The molecular weight excluding hydrogens is 210 g/mol. The van der Waals surface area contributed by atoms with Crippen molar-refractivity contribution >= 4 is 5.69 Å². The van der Waals surface area contributed by atoms with Crippen molar-refractivity contribution in [3.63, 3.8) is 0 Å². The SMILES string of the molecule is CCC1CCCC1Nc1cc(C)ccc1OC. The molecule has 1 aromatic rings. The van der Waals surface area contributed by atoms with Crippen LogP contribution in [0, 0.1) is 12.8 Å². The van der Waals surface area contributed by atoms with Crippen molar-refractivity contribution in [2.24, 2.45) is 5.92 Å². The molecule has 0 aliphatic heterocycles. The Balaban J connectivity index is 2.14. The summed E-state index contributed by atoms with van der Waals surface area (Å²) in [6.45, 7) is 4.41. The van der Waals surface area contributed by atoms with E-state index in [1.807, 2.05) is 6.07 Å². The van der Waals surface area contributed by atoms with E-state index in [-0.39, 0.29) is 0 Å². The van der Waals surface area contributed by atoms with Crippen LogP contribution in [-0.4, -0.2) is 13.2 Å². The summed E-state index contributed by atoms with van der Waals surface area (Å²) in [5.41, 5.74) is 2.43. The molecule has 0 heterocycles. The highest BCUT2D eigenvalue weighted by molar-refractivity contribution is 5.58. The van der Waals surface area contributed by atoms with Crippen molar-refractivity contribution in [1.29, 1.82) is 0 Å². The van der Waals surface area contributed by atoms with Gasteiger partial charge in [0.1, 0.15) is 5.75 Å². The summed E-state index contributed by atoms with van der Waals surface area (Å²) in [7, 11) is 1.74. The zero-order chi connectivity index (χ0) is 12.3. The second-order valence-corrected chi connectivity index (χ2v) is 5.05. The highest BCUT2D eigenvalue weighted by Gasteiger charge is 2.26. The third kappa shape index (κ3) is 2.74. The summed E-state index contributed by atoms with van der Waals surface area (Å²) in [6, 6.07) is 6.95. The quantitative estimate of drug-likeness (QED) is 0.849. The predicted octanol–water partition coefficient (Wildman–Crippen LogP) is 3.99. The Morgan fingerprint density at radius 2 is 2.18 bits per heavy atom. The van der Waals surface area contributed by atoms with Gasteiger partial charge in [-0.25, -0.2) is 0 Å². The van der Waals surface area contributed by atoms with Gasteiger partial charge in [-0.1, -0.05) is 25.8 Å². The lowest BCUT2D eigenvalue weighted by Gasteiger charge is -2.22. The number of anilines is 1. The highest BCUT2D eigenvalue weighted by atomic mass is 16.5. The summed E-state index contributed by atoms with van der Waals surface area (Å²) >= 11 is 0. The van der Waals surface area contributed by atoms with E-state index in [4.69, 9.17) is 4.74 Å². The first-order valence-electron chi connectivity index (χ1n) is 6.65. The smallest absolute Gasteiger partial charge is 0.141 e. The van der Waals surface area contributed by atoms with Crippen LogP contribution in [0.15, 0.2) is 18.2 Å². The molecule has 0 saturated heterocycles. The zero-order valence-electron chi connectivity index (χ0n) is 11.1. The van der Waals surface area contributed by atoms with Crippen LogP contribution >= 0.6 is 0 Å². The number of benzene rings is 1. The number of methoxy groups -OCH3 is 1. The average molecular weight is 233 g/mol. The van der Waals surface area contributed by atoms with E-state index in [1.165, 1.54) is 31.2 Å². The van der Waals surface area contributed by atoms with Gasteiger partial charge in [-0.2, -0.15) is 0 Å². The lowest BCUT2D eigenvalue weighted by molar-refractivity contribution is 0.414. The van der Waals surface area contributed by atoms with E-state index >= 15 is 0 Å². The van der Waals surface area contributed by atoms with Gasteiger partial charge in [-0.15, -0.1) is 0 Å². The summed E-state index contributed by atoms with van der Waals surface area (Å²) in [6.07, 6.45) is 5.27. The Morgan fingerprint density at radius 1 is 1.35 bits per heavy atom. The van der Waals surface area contributed by atoms with E-state index < -0.39 is 0 Å². The molecule has 1 aliphatic rings. The molecule has 1 fully saturated rings. The fourth-order valence-corrected chi connectivity index (χ4v) is 2.85. The number of nitrogens with one attached hydrogen (secondary N) is 1. The van der Waals surface area contributed by atoms with Crippen molar-refractivity contribution in [2.75, 3.05) is 12.4 Å². The Morgan fingerprint density at radius 3 is 2.88 bits per heavy atom. The van der Waals surface area contributed by atoms with Gasteiger partial charge in [0.15, 0.2) is 0 Å². The summed E-state index contributed by atoms with van der Waals surface area (Å²) in [5.74, 6) is 1.78. The molecule has 1 aliphatic carbocycles. The first kappa shape index (κ1) is 12.3. The van der Waals surface area contributed by atoms with Crippen LogP contribution < -0.4 is 10.1 Å². The molecule has 1 N–H and O–H groups in total. The first-order chi connectivity index (χ1) is 8.24. The topological polar surface area (TPSA) is 21.3 Å². The van der Waals surface area contributed by atoms with Gasteiger partial charge in [0.05, 0.1) is 12.8 Å². The molecule has 2 atom stereocenters. The molecule has 0 amide bonds. The molecule has 0 aromatic heterocycles. The Hall–Kier alpha value is -1.18. The minimum absolute atomic E-state index is 0.621. The molecule has 0 spiro atoms. The fourth-order valence-electron chi connectivity index (χ4n) is 2.85. The molecule has 17 heavy (non-hydrogen) atoms. The van der Waals surface area contributed by atoms with Gasteiger partial charge in [0.25, 0.3) is 0 Å².